The summed E-state index contributed by atoms with van der Waals surface area (Å²) >= 11 is 0. The van der Waals surface area contributed by atoms with E-state index >= 15 is 0 Å². The van der Waals surface area contributed by atoms with Crippen LogP contribution in [0.3, 0.4) is 0 Å². The number of rotatable bonds is 3. The first kappa shape index (κ1) is 11.3. The van der Waals surface area contributed by atoms with Gasteiger partial charge in [0.25, 0.3) is 6.01 Å². The smallest absolute Gasteiger partial charge is 0.297 e. The normalized spacial score (nSPS) is 15.9. The molecule has 1 N–H and O–H groups in total. The molecule has 0 atom stereocenters. The predicted octanol–water partition coefficient (Wildman–Crippen LogP) is 1.67. The Morgan fingerprint density at radius 1 is 1.17 bits per heavy atom. The number of nitrogens with one attached hydrogen (secondary N) is 1. The van der Waals surface area contributed by atoms with Crippen LogP contribution in [-0.2, 0) is 6.42 Å². The first-order valence-corrected chi connectivity index (χ1v) is 6.36. The van der Waals surface area contributed by atoms with Gasteiger partial charge in [0, 0.05) is 32.6 Å². The molecule has 1 saturated heterocycles. The molecule has 1 aliphatic rings. The highest BCUT2D eigenvalue weighted by Gasteiger charge is 2.15. The third-order valence-corrected chi connectivity index (χ3v) is 3.16. The number of benzene rings is 1. The highest BCUT2D eigenvalue weighted by molar-refractivity contribution is 5.30. The first-order chi connectivity index (χ1) is 8.92. The van der Waals surface area contributed by atoms with Gasteiger partial charge < -0.3 is 14.6 Å². The average Bonchev–Trinajstić information content (AvgIpc) is 2.89. The highest BCUT2D eigenvalue weighted by Crippen LogP contribution is 2.16. The van der Waals surface area contributed by atoms with Gasteiger partial charge in [-0.3, -0.25) is 0 Å². The molecule has 2 aromatic rings. The van der Waals surface area contributed by atoms with Crippen LogP contribution < -0.4 is 10.2 Å². The number of hydrogen-bond acceptors (Lipinski definition) is 4. The van der Waals surface area contributed by atoms with Crippen LogP contribution in [0, 0.1) is 0 Å². The maximum Gasteiger partial charge on any atom is 0.297 e. The summed E-state index contributed by atoms with van der Waals surface area (Å²) in [6.07, 6.45) is 2.60. The second-order valence-corrected chi connectivity index (χ2v) is 4.52. The van der Waals surface area contributed by atoms with Gasteiger partial charge in [0.1, 0.15) is 6.26 Å². The van der Waals surface area contributed by atoms with Crippen molar-refractivity contribution in [3.05, 3.63) is 47.9 Å². The molecule has 0 bridgehead atoms. The lowest BCUT2D eigenvalue weighted by Crippen LogP contribution is -2.43. The summed E-state index contributed by atoms with van der Waals surface area (Å²) in [4.78, 5) is 6.75. The average molecular weight is 243 g/mol. The second-order valence-electron chi connectivity index (χ2n) is 4.52. The highest BCUT2D eigenvalue weighted by atomic mass is 16.4. The molecule has 4 nitrogen and oxygen atoms in total. The largest absolute Gasteiger partial charge is 0.432 e. The molecule has 2 heterocycles. The number of oxazole rings is 1. The summed E-state index contributed by atoms with van der Waals surface area (Å²) in [7, 11) is 0. The lowest BCUT2D eigenvalue weighted by molar-refractivity contribution is 0.498. The number of aromatic nitrogens is 1. The monoisotopic (exact) mass is 243 g/mol. The van der Waals surface area contributed by atoms with E-state index in [2.05, 4.69) is 27.3 Å². The Morgan fingerprint density at radius 2 is 1.94 bits per heavy atom. The molecule has 0 amide bonds. The molecule has 4 heteroatoms. The van der Waals surface area contributed by atoms with Crippen LogP contribution in [-0.4, -0.2) is 31.2 Å². The molecule has 0 radical (unpaired) electrons. The van der Waals surface area contributed by atoms with E-state index in [0.717, 1.165) is 44.3 Å². The summed E-state index contributed by atoms with van der Waals surface area (Å²) in [6.45, 7) is 3.92. The van der Waals surface area contributed by atoms with E-state index in [-0.39, 0.29) is 0 Å². The molecule has 18 heavy (non-hydrogen) atoms. The van der Waals surface area contributed by atoms with Gasteiger partial charge >= 0.3 is 0 Å². The lowest BCUT2D eigenvalue weighted by Gasteiger charge is -2.25. The van der Waals surface area contributed by atoms with E-state index < -0.39 is 0 Å². The Balaban J connectivity index is 1.69. The topological polar surface area (TPSA) is 41.3 Å². The minimum Gasteiger partial charge on any atom is -0.432 e. The SMILES string of the molecule is c1ccc(Cc2coc(N3CCNCC3)n2)cc1. The summed E-state index contributed by atoms with van der Waals surface area (Å²) < 4.78 is 5.56. The Hall–Kier alpha value is -1.81. The Labute approximate surface area is 107 Å². The van der Waals surface area contributed by atoms with E-state index in [9.17, 15) is 0 Å². The van der Waals surface area contributed by atoms with Crippen molar-refractivity contribution in [2.45, 2.75) is 6.42 Å². The fourth-order valence-corrected chi connectivity index (χ4v) is 2.18. The third-order valence-electron chi connectivity index (χ3n) is 3.16. The van der Waals surface area contributed by atoms with Crippen LogP contribution >= 0.6 is 0 Å². The van der Waals surface area contributed by atoms with Crippen LogP contribution in [0.5, 0.6) is 0 Å². The van der Waals surface area contributed by atoms with Crippen molar-refractivity contribution in [3.63, 3.8) is 0 Å². The molecule has 1 aliphatic heterocycles. The van der Waals surface area contributed by atoms with Gasteiger partial charge in [-0.15, -0.1) is 0 Å². The zero-order valence-corrected chi connectivity index (χ0v) is 10.3. The Kier molecular flexibility index (Phi) is 3.28. The molecule has 1 fully saturated rings. The fourth-order valence-electron chi connectivity index (χ4n) is 2.18. The summed E-state index contributed by atoms with van der Waals surface area (Å²) in [6, 6.07) is 11.1. The van der Waals surface area contributed by atoms with E-state index in [1.165, 1.54) is 5.56 Å². The van der Waals surface area contributed by atoms with Crippen molar-refractivity contribution >= 4 is 6.01 Å². The summed E-state index contributed by atoms with van der Waals surface area (Å²) in [5.74, 6) is 0. The van der Waals surface area contributed by atoms with Crippen LogP contribution in [0.1, 0.15) is 11.3 Å². The van der Waals surface area contributed by atoms with Crippen molar-refractivity contribution in [2.75, 3.05) is 31.1 Å². The quantitative estimate of drug-likeness (QED) is 0.890. The minimum absolute atomic E-state index is 0.752. The molecule has 3 rings (SSSR count). The van der Waals surface area contributed by atoms with Gasteiger partial charge in [-0.05, 0) is 5.56 Å². The van der Waals surface area contributed by atoms with Crippen molar-refractivity contribution in [1.29, 1.82) is 0 Å². The molecule has 1 aromatic carbocycles. The Bertz CT molecular complexity index is 489. The van der Waals surface area contributed by atoms with Crippen molar-refractivity contribution in [3.8, 4) is 0 Å². The molecule has 0 unspecified atom stereocenters. The second kappa shape index (κ2) is 5.23. The van der Waals surface area contributed by atoms with E-state index in [1.54, 1.807) is 6.26 Å². The molecule has 1 aromatic heterocycles. The van der Waals surface area contributed by atoms with Gasteiger partial charge in [-0.25, -0.2) is 0 Å². The molecule has 0 spiro atoms. The van der Waals surface area contributed by atoms with Crippen LogP contribution in [0.2, 0.25) is 0 Å². The molecule has 0 saturated carbocycles. The summed E-state index contributed by atoms with van der Waals surface area (Å²) in [5.41, 5.74) is 2.26. The van der Waals surface area contributed by atoms with Crippen LogP contribution in [0.15, 0.2) is 41.0 Å². The van der Waals surface area contributed by atoms with Crippen molar-refractivity contribution in [1.82, 2.24) is 10.3 Å². The standard InChI is InChI=1S/C14H17N3O/c1-2-4-12(5-3-1)10-13-11-18-14(16-13)17-8-6-15-7-9-17/h1-5,11,15H,6-10H2. The first-order valence-electron chi connectivity index (χ1n) is 6.36. The number of anilines is 1. The maximum atomic E-state index is 5.56. The summed E-state index contributed by atoms with van der Waals surface area (Å²) in [5, 5.41) is 3.32. The van der Waals surface area contributed by atoms with Crippen molar-refractivity contribution < 1.29 is 4.42 Å². The maximum absolute atomic E-state index is 5.56. The fraction of sp³-hybridized carbons (Fsp3) is 0.357. The van der Waals surface area contributed by atoms with Gasteiger partial charge in [-0.1, -0.05) is 30.3 Å². The zero-order valence-electron chi connectivity index (χ0n) is 10.3. The molecular weight excluding hydrogens is 226 g/mol. The van der Waals surface area contributed by atoms with Gasteiger partial charge in [0.2, 0.25) is 0 Å². The van der Waals surface area contributed by atoms with Gasteiger partial charge in [-0.2, -0.15) is 4.98 Å². The lowest BCUT2D eigenvalue weighted by atomic mass is 10.1. The predicted molar refractivity (Wildman–Crippen MR) is 70.8 cm³/mol. The third kappa shape index (κ3) is 2.54. The number of hydrogen-bond donors (Lipinski definition) is 1. The minimum atomic E-state index is 0.752. The van der Waals surface area contributed by atoms with E-state index in [4.69, 9.17) is 4.42 Å². The molecular formula is C14H17N3O. The molecule has 0 aliphatic carbocycles. The van der Waals surface area contributed by atoms with Crippen molar-refractivity contribution in [2.24, 2.45) is 0 Å². The molecule has 94 valence electrons. The Morgan fingerprint density at radius 3 is 2.72 bits per heavy atom. The van der Waals surface area contributed by atoms with Gasteiger partial charge in [0.05, 0.1) is 5.69 Å². The van der Waals surface area contributed by atoms with E-state index in [1.807, 2.05) is 18.2 Å². The number of nitrogens with zero attached hydrogens (tertiary/aromatic N) is 2. The van der Waals surface area contributed by atoms with Gasteiger partial charge in [0.15, 0.2) is 0 Å². The zero-order chi connectivity index (χ0) is 12.2. The van der Waals surface area contributed by atoms with E-state index in [0.29, 0.717) is 0 Å². The van der Waals surface area contributed by atoms with Crippen LogP contribution in [0.25, 0.3) is 0 Å². The number of piperazine rings is 1. The van der Waals surface area contributed by atoms with Crippen LogP contribution in [0.4, 0.5) is 6.01 Å².